The summed E-state index contributed by atoms with van der Waals surface area (Å²) in [4.78, 5) is 27.9. The van der Waals surface area contributed by atoms with Gasteiger partial charge in [0.25, 0.3) is 10.0 Å². The molecule has 11 heteroatoms. The predicted octanol–water partition coefficient (Wildman–Crippen LogP) is 5.14. The maximum absolute atomic E-state index is 13.8. The molecule has 3 aromatic carbocycles. The maximum Gasteiger partial charge on any atom is 0.264 e. The zero-order valence-electron chi connectivity index (χ0n) is 21.9. The molecule has 208 valence electrons. The van der Waals surface area contributed by atoms with Crippen molar-refractivity contribution in [1.29, 1.82) is 0 Å². The van der Waals surface area contributed by atoms with Gasteiger partial charge in [-0.25, -0.2) is 8.42 Å². The van der Waals surface area contributed by atoms with Crippen LogP contribution in [-0.2, 0) is 26.2 Å². The Hall–Kier alpha value is -3.27. The molecule has 3 aromatic rings. The number of anilines is 1. The molecule has 0 aromatic heterocycles. The third-order valence-corrected chi connectivity index (χ3v) is 8.43. The first-order chi connectivity index (χ1) is 18.6. The number of para-hydroxylation sites is 1. The molecule has 0 spiro atoms. The van der Waals surface area contributed by atoms with Crippen LogP contribution < -0.4 is 14.4 Å². The van der Waals surface area contributed by atoms with Crippen LogP contribution in [-0.4, -0.2) is 50.9 Å². The van der Waals surface area contributed by atoms with Crippen LogP contribution in [0.1, 0.15) is 26.3 Å². The number of sulfonamides is 1. The highest BCUT2D eigenvalue weighted by atomic mass is 35.5. The molecule has 0 heterocycles. The topological polar surface area (TPSA) is 96.0 Å². The lowest BCUT2D eigenvalue weighted by Crippen LogP contribution is -2.51. The Kier molecular flexibility index (Phi) is 10.6. The van der Waals surface area contributed by atoms with Gasteiger partial charge in [-0.2, -0.15) is 0 Å². The van der Waals surface area contributed by atoms with Crippen LogP contribution in [0.3, 0.4) is 0 Å². The number of hydrogen-bond acceptors (Lipinski definition) is 5. The van der Waals surface area contributed by atoms with Crippen molar-refractivity contribution in [2.75, 3.05) is 24.0 Å². The SMILES string of the molecule is CCNC(=O)C(C)N(Cc1ccc(Cl)c(Cl)c1)C(=O)CN(c1ccccc1)S(=O)(=O)c1ccc(OCC)cc1. The molecule has 0 bridgehead atoms. The summed E-state index contributed by atoms with van der Waals surface area (Å²) in [6.07, 6.45) is 0. The quantitative estimate of drug-likeness (QED) is 0.314. The Bertz CT molecular complexity index is 1390. The Labute approximate surface area is 239 Å². The molecular weight excluding hydrogens is 561 g/mol. The molecule has 0 radical (unpaired) electrons. The Morgan fingerprint density at radius 2 is 1.62 bits per heavy atom. The van der Waals surface area contributed by atoms with Gasteiger partial charge in [-0.1, -0.05) is 47.5 Å². The molecule has 0 saturated carbocycles. The van der Waals surface area contributed by atoms with E-state index in [0.717, 1.165) is 4.31 Å². The van der Waals surface area contributed by atoms with Gasteiger partial charge in [0.15, 0.2) is 0 Å². The molecule has 8 nitrogen and oxygen atoms in total. The van der Waals surface area contributed by atoms with Crippen LogP contribution in [0.4, 0.5) is 5.69 Å². The van der Waals surface area contributed by atoms with Gasteiger partial charge < -0.3 is 15.0 Å². The summed E-state index contributed by atoms with van der Waals surface area (Å²) in [5.41, 5.74) is 0.939. The fraction of sp³-hybridized carbons (Fsp3) is 0.286. The first kappa shape index (κ1) is 30.3. The molecule has 0 fully saturated rings. The Morgan fingerprint density at radius 3 is 2.21 bits per heavy atom. The van der Waals surface area contributed by atoms with E-state index in [1.807, 2.05) is 6.92 Å². The summed E-state index contributed by atoms with van der Waals surface area (Å²) in [6, 6.07) is 18.4. The van der Waals surface area contributed by atoms with Gasteiger partial charge in [0, 0.05) is 13.1 Å². The number of benzene rings is 3. The number of nitrogens with one attached hydrogen (secondary N) is 1. The van der Waals surface area contributed by atoms with Crippen molar-refractivity contribution in [3.8, 4) is 5.75 Å². The Balaban J connectivity index is 2.00. The summed E-state index contributed by atoms with van der Waals surface area (Å²) < 4.78 is 34.1. The molecule has 2 amide bonds. The average molecular weight is 593 g/mol. The number of rotatable bonds is 12. The van der Waals surface area contributed by atoms with Gasteiger partial charge in [-0.15, -0.1) is 0 Å². The molecule has 0 saturated heterocycles. The van der Waals surface area contributed by atoms with E-state index in [9.17, 15) is 18.0 Å². The predicted molar refractivity (Wildman–Crippen MR) is 154 cm³/mol. The molecule has 1 N–H and O–H groups in total. The van der Waals surface area contributed by atoms with Gasteiger partial charge in [0.2, 0.25) is 11.8 Å². The van der Waals surface area contributed by atoms with E-state index in [-0.39, 0.29) is 17.3 Å². The van der Waals surface area contributed by atoms with Crippen molar-refractivity contribution in [2.45, 2.75) is 38.3 Å². The third-order valence-electron chi connectivity index (χ3n) is 5.90. The van der Waals surface area contributed by atoms with Gasteiger partial charge in [0.1, 0.15) is 18.3 Å². The molecule has 3 rings (SSSR count). The van der Waals surface area contributed by atoms with E-state index in [2.05, 4.69) is 5.32 Å². The van der Waals surface area contributed by atoms with E-state index in [4.69, 9.17) is 27.9 Å². The van der Waals surface area contributed by atoms with Gasteiger partial charge in [0.05, 0.1) is 27.2 Å². The molecule has 0 aliphatic heterocycles. The number of amides is 2. The van der Waals surface area contributed by atoms with Crippen LogP contribution >= 0.6 is 23.2 Å². The van der Waals surface area contributed by atoms with Crippen molar-refractivity contribution in [2.24, 2.45) is 0 Å². The van der Waals surface area contributed by atoms with Gasteiger partial charge >= 0.3 is 0 Å². The minimum atomic E-state index is -4.16. The first-order valence-corrected chi connectivity index (χ1v) is 14.6. The lowest BCUT2D eigenvalue weighted by Gasteiger charge is -2.32. The average Bonchev–Trinajstić information content (AvgIpc) is 2.92. The second-order valence-electron chi connectivity index (χ2n) is 8.59. The molecule has 1 atom stereocenters. The van der Waals surface area contributed by atoms with Crippen LogP contribution in [0.5, 0.6) is 5.75 Å². The number of halogens is 2. The molecule has 39 heavy (non-hydrogen) atoms. The summed E-state index contributed by atoms with van der Waals surface area (Å²) in [7, 11) is -4.16. The van der Waals surface area contributed by atoms with Gasteiger partial charge in [-0.05, 0) is 74.9 Å². The van der Waals surface area contributed by atoms with Crippen molar-refractivity contribution >= 4 is 50.7 Å². The summed E-state index contributed by atoms with van der Waals surface area (Å²) in [5.74, 6) is -0.410. The number of carbonyl (C=O) groups excluding carboxylic acids is 2. The molecule has 0 aliphatic rings. The number of nitrogens with zero attached hydrogens (tertiary/aromatic N) is 2. The van der Waals surface area contributed by atoms with Crippen molar-refractivity contribution < 1.29 is 22.7 Å². The normalized spacial score (nSPS) is 11.9. The summed E-state index contributed by atoms with van der Waals surface area (Å²) >= 11 is 12.2. The van der Waals surface area contributed by atoms with Crippen molar-refractivity contribution in [3.63, 3.8) is 0 Å². The van der Waals surface area contributed by atoms with Crippen LogP contribution in [0.25, 0.3) is 0 Å². The van der Waals surface area contributed by atoms with Crippen LogP contribution in [0.2, 0.25) is 10.0 Å². The largest absolute Gasteiger partial charge is 0.494 e. The maximum atomic E-state index is 13.8. The van der Waals surface area contributed by atoms with Crippen LogP contribution in [0, 0.1) is 0 Å². The van der Waals surface area contributed by atoms with Crippen LogP contribution in [0.15, 0.2) is 77.7 Å². The highest BCUT2D eigenvalue weighted by molar-refractivity contribution is 7.92. The zero-order valence-corrected chi connectivity index (χ0v) is 24.3. The number of carbonyl (C=O) groups is 2. The monoisotopic (exact) mass is 591 g/mol. The minimum absolute atomic E-state index is 0.00425. The van der Waals surface area contributed by atoms with Crippen molar-refractivity contribution in [3.05, 3.63) is 88.4 Å². The van der Waals surface area contributed by atoms with E-state index in [1.54, 1.807) is 74.5 Å². The van der Waals surface area contributed by atoms with Crippen molar-refractivity contribution in [1.82, 2.24) is 10.2 Å². The fourth-order valence-corrected chi connectivity index (χ4v) is 5.60. The number of hydrogen-bond donors (Lipinski definition) is 1. The molecule has 1 unspecified atom stereocenters. The number of ether oxygens (including phenoxy) is 1. The van der Waals surface area contributed by atoms with E-state index < -0.39 is 28.5 Å². The highest BCUT2D eigenvalue weighted by Gasteiger charge is 2.32. The fourth-order valence-electron chi connectivity index (χ4n) is 3.86. The lowest BCUT2D eigenvalue weighted by molar-refractivity contribution is -0.139. The number of likely N-dealkylation sites (N-methyl/N-ethyl adjacent to an activating group) is 1. The summed E-state index contributed by atoms with van der Waals surface area (Å²) in [6.45, 7) is 5.49. The second kappa shape index (κ2) is 13.7. The van der Waals surface area contributed by atoms with E-state index in [1.165, 1.54) is 17.0 Å². The molecule has 0 aliphatic carbocycles. The first-order valence-electron chi connectivity index (χ1n) is 12.4. The van der Waals surface area contributed by atoms with E-state index in [0.29, 0.717) is 40.2 Å². The Morgan fingerprint density at radius 1 is 0.949 bits per heavy atom. The second-order valence-corrected chi connectivity index (χ2v) is 11.3. The minimum Gasteiger partial charge on any atom is -0.494 e. The molecular formula is C28H31Cl2N3O5S. The third kappa shape index (κ3) is 7.65. The van der Waals surface area contributed by atoms with E-state index >= 15 is 0 Å². The zero-order chi connectivity index (χ0) is 28.6. The highest BCUT2D eigenvalue weighted by Crippen LogP contribution is 2.27. The lowest BCUT2D eigenvalue weighted by atomic mass is 10.1. The standard InChI is InChI=1S/C28H31Cl2N3O5S/c1-4-31-28(35)20(3)32(18-21-11-16-25(29)26(30)17-21)27(34)19-33(22-9-7-6-8-10-22)39(36,37)24-14-12-23(13-15-24)38-5-2/h6-17,20H,4-5,18-19H2,1-3H3,(H,31,35). The smallest absolute Gasteiger partial charge is 0.264 e. The van der Waals surface area contributed by atoms with Gasteiger partial charge in [-0.3, -0.25) is 13.9 Å². The summed E-state index contributed by atoms with van der Waals surface area (Å²) in [5, 5.41) is 3.38.